The number of rotatable bonds is 5. The molecule has 0 aliphatic carbocycles. The van der Waals surface area contributed by atoms with Crippen LogP contribution in [0.1, 0.15) is 32.0 Å². The average Bonchev–Trinajstić information content (AvgIpc) is 2.76. The van der Waals surface area contributed by atoms with Gasteiger partial charge in [0, 0.05) is 19.0 Å². The van der Waals surface area contributed by atoms with E-state index in [4.69, 9.17) is 4.74 Å². The van der Waals surface area contributed by atoms with E-state index in [0.29, 0.717) is 18.1 Å². The van der Waals surface area contributed by atoms with Crippen molar-refractivity contribution in [2.45, 2.75) is 26.3 Å². The molecule has 6 nitrogen and oxygen atoms in total. The van der Waals surface area contributed by atoms with E-state index in [1.165, 1.54) is 7.11 Å². The first-order chi connectivity index (χ1) is 9.93. The van der Waals surface area contributed by atoms with Crippen molar-refractivity contribution in [3.05, 3.63) is 23.9 Å². The van der Waals surface area contributed by atoms with E-state index in [-0.39, 0.29) is 18.2 Å². The maximum absolute atomic E-state index is 12.2. The topological polar surface area (TPSA) is 79.7 Å². The molecule has 2 atom stereocenters. The van der Waals surface area contributed by atoms with Gasteiger partial charge in [0.2, 0.25) is 11.8 Å². The summed E-state index contributed by atoms with van der Waals surface area (Å²) in [7, 11) is 1.51. The monoisotopic (exact) mass is 292 g/mol. The van der Waals surface area contributed by atoms with Crippen LogP contribution in [0.2, 0.25) is 0 Å². The Balaban J connectivity index is 2.40. The summed E-state index contributed by atoms with van der Waals surface area (Å²) in [6, 6.07) is 4.67. The van der Waals surface area contributed by atoms with Crippen molar-refractivity contribution in [2.75, 3.05) is 13.7 Å². The summed E-state index contributed by atoms with van der Waals surface area (Å²) < 4.78 is 5.09. The highest BCUT2D eigenvalue weighted by molar-refractivity contribution is 5.87. The summed E-state index contributed by atoms with van der Waals surface area (Å²) in [5.41, 5.74) is 0.563. The Kier molecular flexibility index (Phi) is 4.45. The van der Waals surface area contributed by atoms with Gasteiger partial charge in [-0.1, -0.05) is 19.9 Å². The standard InChI is InChI=1S/C15H20N2O4/c1-9(2)8-17-13(18)7-10(15(19)20)14(17)11-5-4-6-12(16-11)21-3/h4-6,9-10,14H,7-8H2,1-3H3,(H,19,20). The number of likely N-dealkylation sites (tertiary alicyclic amines) is 1. The van der Waals surface area contributed by atoms with Crippen molar-refractivity contribution in [3.8, 4) is 5.88 Å². The molecule has 21 heavy (non-hydrogen) atoms. The third kappa shape index (κ3) is 3.15. The molecule has 0 spiro atoms. The Labute approximate surface area is 123 Å². The molecule has 1 fully saturated rings. The molecule has 2 heterocycles. The second kappa shape index (κ2) is 6.11. The molecule has 1 aliphatic rings. The highest BCUT2D eigenvalue weighted by atomic mass is 16.5. The lowest BCUT2D eigenvalue weighted by Gasteiger charge is -2.28. The largest absolute Gasteiger partial charge is 0.481 e. The summed E-state index contributed by atoms with van der Waals surface area (Å²) >= 11 is 0. The summed E-state index contributed by atoms with van der Waals surface area (Å²) in [6.07, 6.45) is 0.0195. The van der Waals surface area contributed by atoms with Gasteiger partial charge in [-0.25, -0.2) is 4.98 Å². The van der Waals surface area contributed by atoms with Crippen molar-refractivity contribution < 1.29 is 19.4 Å². The van der Waals surface area contributed by atoms with Crippen molar-refractivity contribution >= 4 is 11.9 Å². The number of nitrogens with zero attached hydrogens (tertiary/aromatic N) is 2. The van der Waals surface area contributed by atoms with Gasteiger partial charge in [0.25, 0.3) is 0 Å². The summed E-state index contributed by atoms with van der Waals surface area (Å²) in [4.78, 5) is 29.6. The zero-order valence-corrected chi connectivity index (χ0v) is 12.4. The fraction of sp³-hybridized carbons (Fsp3) is 0.533. The molecule has 1 amide bonds. The number of aliphatic carboxylic acids is 1. The minimum Gasteiger partial charge on any atom is -0.481 e. The van der Waals surface area contributed by atoms with Crippen molar-refractivity contribution in [1.29, 1.82) is 0 Å². The number of carboxylic acids is 1. The molecule has 0 bridgehead atoms. The van der Waals surface area contributed by atoms with E-state index < -0.39 is 17.9 Å². The average molecular weight is 292 g/mol. The Morgan fingerprint density at radius 3 is 2.81 bits per heavy atom. The molecule has 1 aromatic rings. The molecule has 2 unspecified atom stereocenters. The summed E-state index contributed by atoms with van der Waals surface area (Å²) in [5.74, 6) is -1.19. The number of hydrogen-bond donors (Lipinski definition) is 1. The lowest BCUT2D eigenvalue weighted by molar-refractivity contribution is -0.142. The molecule has 0 aromatic carbocycles. The highest BCUT2D eigenvalue weighted by Gasteiger charge is 2.45. The van der Waals surface area contributed by atoms with Gasteiger partial charge < -0.3 is 14.7 Å². The number of carbonyl (C=O) groups is 2. The van der Waals surface area contributed by atoms with Gasteiger partial charge in [0.15, 0.2) is 0 Å². The van der Waals surface area contributed by atoms with Crippen LogP contribution in [0, 0.1) is 11.8 Å². The van der Waals surface area contributed by atoms with Crippen LogP contribution in [0.5, 0.6) is 5.88 Å². The first-order valence-corrected chi connectivity index (χ1v) is 6.97. The predicted molar refractivity (Wildman–Crippen MR) is 75.8 cm³/mol. The van der Waals surface area contributed by atoms with Crippen LogP contribution in [-0.4, -0.2) is 40.5 Å². The van der Waals surface area contributed by atoms with Crippen LogP contribution in [0.3, 0.4) is 0 Å². The first-order valence-electron chi connectivity index (χ1n) is 6.97. The first kappa shape index (κ1) is 15.3. The number of carbonyl (C=O) groups excluding carboxylic acids is 1. The third-order valence-electron chi connectivity index (χ3n) is 3.57. The van der Waals surface area contributed by atoms with Gasteiger partial charge in [0.05, 0.1) is 24.8 Å². The number of hydrogen-bond acceptors (Lipinski definition) is 4. The van der Waals surface area contributed by atoms with E-state index in [1.807, 2.05) is 13.8 Å². The Morgan fingerprint density at radius 1 is 1.52 bits per heavy atom. The van der Waals surface area contributed by atoms with Gasteiger partial charge in [-0.05, 0) is 12.0 Å². The van der Waals surface area contributed by atoms with E-state index in [1.54, 1.807) is 23.1 Å². The van der Waals surface area contributed by atoms with Gasteiger partial charge in [-0.3, -0.25) is 9.59 Å². The number of methoxy groups -OCH3 is 1. The maximum Gasteiger partial charge on any atom is 0.309 e. The van der Waals surface area contributed by atoms with Crippen molar-refractivity contribution in [1.82, 2.24) is 9.88 Å². The quantitative estimate of drug-likeness (QED) is 0.894. The molecule has 1 saturated heterocycles. The molecular formula is C15H20N2O4. The molecule has 0 saturated carbocycles. The number of amides is 1. The number of carboxylic acid groups (broad SMARTS) is 1. The van der Waals surface area contributed by atoms with Gasteiger partial charge in [-0.2, -0.15) is 0 Å². The van der Waals surface area contributed by atoms with E-state index in [9.17, 15) is 14.7 Å². The zero-order chi connectivity index (χ0) is 15.6. The molecular weight excluding hydrogens is 272 g/mol. The summed E-state index contributed by atoms with van der Waals surface area (Å²) in [6.45, 7) is 4.51. The molecule has 2 rings (SSSR count). The van der Waals surface area contributed by atoms with E-state index >= 15 is 0 Å². The Bertz CT molecular complexity index is 544. The normalized spacial score (nSPS) is 21.9. The number of ether oxygens (including phenoxy) is 1. The second-order valence-electron chi connectivity index (χ2n) is 5.64. The Morgan fingerprint density at radius 2 is 2.24 bits per heavy atom. The van der Waals surface area contributed by atoms with Crippen LogP contribution in [0.15, 0.2) is 18.2 Å². The maximum atomic E-state index is 12.2. The Hall–Kier alpha value is -2.11. The lowest BCUT2D eigenvalue weighted by Crippen LogP contribution is -2.34. The minimum absolute atomic E-state index is 0.0195. The van der Waals surface area contributed by atoms with Crippen LogP contribution in [0.25, 0.3) is 0 Å². The molecule has 114 valence electrons. The van der Waals surface area contributed by atoms with Gasteiger partial charge in [0.1, 0.15) is 0 Å². The van der Waals surface area contributed by atoms with Crippen LogP contribution < -0.4 is 4.74 Å². The van der Waals surface area contributed by atoms with Crippen LogP contribution in [-0.2, 0) is 9.59 Å². The SMILES string of the molecule is COc1cccc(C2C(C(=O)O)CC(=O)N2CC(C)C)n1. The lowest BCUT2D eigenvalue weighted by atomic mass is 9.97. The smallest absolute Gasteiger partial charge is 0.309 e. The van der Waals surface area contributed by atoms with E-state index in [0.717, 1.165) is 0 Å². The molecule has 0 radical (unpaired) electrons. The van der Waals surface area contributed by atoms with Gasteiger partial charge >= 0.3 is 5.97 Å². The fourth-order valence-corrected chi connectivity index (χ4v) is 2.70. The van der Waals surface area contributed by atoms with Crippen LogP contribution in [0.4, 0.5) is 0 Å². The number of aromatic nitrogens is 1. The second-order valence-corrected chi connectivity index (χ2v) is 5.64. The molecule has 1 aromatic heterocycles. The van der Waals surface area contributed by atoms with Crippen molar-refractivity contribution in [3.63, 3.8) is 0 Å². The molecule has 6 heteroatoms. The number of pyridine rings is 1. The van der Waals surface area contributed by atoms with Crippen molar-refractivity contribution in [2.24, 2.45) is 11.8 Å². The third-order valence-corrected chi connectivity index (χ3v) is 3.57. The predicted octanol–water partition coefficient (Wildman–Crippen LogP) is 1.72. The van der Waals surface area contributed by atoms with Crippen LogP contribution >= 0.6 is 0 Å². The summed E-state index contributed by atoms with van der Waals surface area (Å²) in [5, 5.41) is 9.40. The van der Waals surface area contributed by atoms with Gasteiger partial charge in [-0.15, -0.1) is 0 Å². The molecule has 1 aliphatic heterocycles. The highest BCUT2D eigenvalue weighted by Crippen LogP contribution is 2.38. The minimum atomic E-state index is -0.968. The van der Waals surface area contributed by atoms with E-state index in [2.05, 4.69) is 4.98 Å². The molecule has 1 N–H and O–H groups in total. The zero-order valence-electron chi connectivity index (χ0n) is 12.4. The fourth-order valence-electron chi connectivity index (χ4n) is 2.70.